The van der Waals surface area contributed by atoms with Crippen molar-refractivity contribution in [2.75, 3.05) is 44.5 Å². The van der Waals surface area contributed by atoms with E-state index in [9.17, 15) is 32.7 Å². The molecule has 0 aliphatic carbocycles. The number of ether oxygens (including phenoxy) is 2. The van der Waals surface area contributed by atoms with E-state index in [0.717, 1.165) is 0 Å². The van der Waals surface area contributed by atoms with Gasteiger partial charge in [0.15, 0.2) is 0 Å². The number of halogens is 3. The van der Waals surface area contributed by atoms with Crippen LogP contribution in [-0.4, -0.2) is 84.9 Å². The molecule has 4 amide bonds. The molecule has 1 aliphatic heterocycles. The molecule has 0 bridgehead atoms. The SMILES string of the molecule is COc1ccc(NC(=O)N(C)C[C@H]2Oc3ccc(NC(=O)CCC(F)(F)F)cc3CC(=O)N([C@H](C)CO)C[C@H]2C)cc1. The smallest absolute Gasteiger partial charge is 0.389 e. The Hall–Kier alpha value is -4.00. The third-order valence-corrected chi connectivity index (χ3v) is 6.98. The van der Waals surface area contributed by atoms with Gasteiger partial charge in [-0.1, -0.05) is 6.92 Å². The van der Waals surface area contributed by atoms with Crippen LogP contribution in [0.25, 0.3) is 0 Å². The summed E-state index contributed by atoms with van der Waals surface area (Å²) in [5.74, 6) is -0.384. The molecule has 3 atom stereocenters. The van der Waals surface area contributed by atoms with Crippen molar-refractivity contribution in [2.45, 2.75) is 51.4 Å². The van der Waals surface area contributed by atoms with Gasteiger partial charge in [0.25, 0.3) is 0 Å². The van der Waals surface area contributed by atoms with Gasteiger partial charge in [-0.2, -0.15) is 13.2 Å². The number of carbonyl (C=O) groups is 3. The number of fused-ring (bicyclic) bond motifs is 1. The first-order chi connectivity index (χ1) is 19.8. The molecular weight excluding hydrogens is 557 g/mol. The predicted octanol–water partition coefficient (Wildman–Crippen LogP) is 4.29. The largest absolute Gasteiger partial charge is 0.497 e. The topological polar surface area (TPSA) is 120 Å². The van der Waals surface area contributed by atoms with Crippen LogP contribution in [0.2, 0.25) is 0 Å². The number of benzene rings is 2. The summed E-state index contributed by atoms with van der Waals surface area (Å²) < 4.78 is 49.1. The van der Waals surface area contributed by atoms with E-state index in [-0.39, 0.29) is 49.7 Å². The number of carbonyl (C=O) groups excluding carboxylic acids is 3. The number of hydrogen-bond acceptors (Lipinski definition) is 6. The number of nitrogens with zero attached hydrogens (tertiary/aromatic N) is 2. The van der Waals surface area contributed by atoms with Gasteiger partial charge in [0.05, 0.1) is 39.1 Å². The second kappa shape index (κ2) is 14.3. The van der Waals surface area contributed by atoms with Crippen LogP contribution in [0.4, 0.5) is 29.3 Å². The minimum Gasteiger partial charge on any atom is -0.497 e. The third kappa shape index (κ3) is 9.26. The number of alkyl halides is 3. The molecule has 0 fully saturated rings. The highest BCUT2D eigenvalue weighted by molar-refractivity contribution is 5.91. The number of nitrogens with one attached hydrogen (secondary N) is 2. The maximum Gasteiger partial charge on any atom is 0.389 e. The highest BCUT2D eigenvalue weighted by Crippen LogP contribution is 2.30. The van der Waals surface area contributed by atoms with Crippen LogP contribution in [-0.2, 0) is 16.0 Å². The van der Waals surface area contributed by atoms with Crippen LogP contribution in [0.5, 0.6) is 11.5 Å². The number of rotatable bonds is 9. The molecule has 1 heterocycles. The Labute approximate surface area is 242 Å². The van der Waals surface area contributed by atoms with Gasteiger partial charge in [0.1, 0.15) is 17.6 Å². The van der Waals surface area contributed by atoms with Gasteiger partial charge in [-0.15, -0.1) is 0 Å². The van der Waals surface area contributed by atoms with Gasteiger partial charge in [-0.05, 0) is 49.4 Å². The number of hydrogen-bond donors (Lipinski definition) is 3. The maximum atomic E-state index is 13.3. The summed E-state index contributed by atoms with van der Waals surface area (Å²) in [6.07, 6.45) is -7.15. The molecule has 0 unspecified atom stereocenters. The first-order valence-electron chi connectivity index (χ1n) is 13.5. The fourth-order valence-corrected chi connectivity index (χ4v) is 4.45. The number of anilines is 2. The van der Waals surface area contributed by atoms with Crippen molar-refractivity contribution in [1.82, 2.24) is 9.80 Å². The molecule has 2 aromatic carbocycles. The van der Waals surface area contributed by atoms with Crippen molar-refractivity contribution < 1.29 is 42.1 Å². The van der Waals surface area contributed by atoms with Gasteiger partial charge in [0, 0.05) is 42.9 Å². The van der Waals surface area contributed by atoms with E-state index in [1.165, 1.54) is 17.0 Å². The number of amides is 4. The monoisotopic (exact) mass is 594 g/mol. The lowest BCUT2D eigenvalue weighted by Crippen LogP contribution is -2.48. The summed E-state index contributed by atoms with van der Waals surface area (Å²) in [5, 5.41) is 15.1. The summed E-state index contributed by atoms with van der Waals surface area (Å²) in [5.41, 5.74) is 1.20. The number of aliphatic hydroxyl groups excluding tert-OH is 1. The van der Waals surface area contributed by atoms with Gasteiger partial charge >= 0.3 is 12.2 Å². The van der Waals surface area contributed by atoms with Crippen LogP contribution in [0, 0.1) is 5.92 Å². The molecular formula is C29H37F3N4O6. The molecule has 2 aromatic rings. The Kier molecular flexibility index (Phi) is 11.0. The normalized spacial score (nSPS) is 18.0. The third-order valence-electron chi connectivity index (χ3n) is 6.98. The van der Waals surface area contributed by atoms with Crippen LogP contribution >= 0.6 is 0 Å². The van der Waals surface area contributed by atoms with Crippen LogP contribution < -0.4 is 20.1 Å². The average molecular weight is 595 g/mol. The zero-order valence-electron chi connectivity index (χ0n) is 24.0. The summed E-state index contributed by atoms with van der Waals surface area (Å²) in [6.45, 7) is 3.72. The molecule has 230 valence electrons. The lowest BCUT2D eigenvalue weighted by atomic mass is 10.0. The molecule has 0 spiro atoms. The van der Waals surface area contributed by atoms with E-state index < -0.39 is 37.1 Å². The minimum atomic E-state index is -4.46. The predicted molar refractivity (Wildman–Crippen MR) is 151 cm³/mol. The molecule has 1 aliphatic rings. The van der Waals surface area contributed by atoms with Crippen molar-refractivity contribution in [3.8, 4) is 11.5 Å². The maximum absolute atomic E-state index is 13.3. The van der Waals surface area contributed by atoms with E-state index in [4.69, 9.17) is 9.47 Å². The van der Waals surface area contributed by atoms with Crippen molar-refractivity contribution >= 4 is 29.2 Å². The lowest BCUT2D eigenvalue weighted by Gasteiger charge is -2.34. The zero-order chi connectivity index (χ0) is 31.0. The highest BCUT2D eigenvalue weighted by Gasteiger charge is 2.32. The van der Waals surface area contributed by atoms with Gasteiger partial charge in [0.2, 0.25) is 11.8 Å². The van der Waals surface area contributed by atoms with E-state index in [1.54, 1.807) is 56.3 Å². The standard InChI is InChI=1S/C29H37F3N4O6/c1-18-15-36(19(2)17-37)27(39)14-20-13-22(33-26(38)11-12-29(30,31)32)7-10-24(20)42-25(18)16-35(3)28(40)34-21-5-8-23(41-4)9-6-21/h5-10,13,18-19,25,37H,11-12,14-17H2,1-4H3,(H,33,38)(H,34,40)/t18-,19-,25-/m1/s1. The summed E-state index contributed by atoms with van der Waals surface area (Å²) in [4.78, 5) is 41.4. The molecule has 13 heteroatoms. The summed E-state index contributed by atoms with van der Waals surface area (Å²) >= 11 is 0. The molecule has 0 saturated carbocycles. The molecule has 3 rings (SSSR count). The highest BCUT2D eigenvalue weighted by atomic mass is 19.4. The Morgan fingerprint density at radius 2 is 1.83 bits per heavy atom. The molecule has 0 aromatic heterocycles. The molecule has 0 radical (unpaired) electrons. The quantitative estimate of drug-likeness (QED) is 0.399. The van der Waals surface area contributed by atoms with Crippen molar-refractivity contribution in [3.05, 3.63) is 48.0 Å². The molecule has 10 nitrogen and oxygen atoms in total. The van der Waals surface area contributed by atoms with Crippen LogP contribution in [0.3, 0.4) is 0 Å². The van der Waals surface area contributed by atoms with Crippen LogP contribution in [0.15, 0.2) is 42.5 Å². The molecule has 3 N–H and O–H groups in total. The second-order valence-electron chi connectivity index (χ2n) is 10.4. The number of aliphatic hydroxyl groups is 1. The van der Waals surface area contributed by atoms with Crippen molar-refractivity contribution in [1.29, 1.82) is 0 Å². The first kappa shape index (κ1) is 32.5. The van der Waals surface area contributed by atoms with E-state index in [2.05, 4.69) is 10.6 Å². The van der Waals surface area contributed by atoms with E-state index in [0.29, 0.717) is 22.7 Å². The second-order valence-corrected chi connectivity index (χ2v) is 10.4. The number of likely N-dealkylation sites (N-methyl/N-ethyl adjacent to an activating group) is 1. The number of methoxy groups -OCH3 is 1. The molecule has 0 saturated heterocycles. The zero-order valence-corrected chi connectivity index (χ0v) is 24.0. The summed E-state index contributed by atoms with van der Waals surface area (Å²) in [7, 11) is 3.16. The van der Waals surface area contributed by atoms with E-state index >= 15 is 0 Å². The Balaban J connectivity index is 1.83. The lowest BCUT2D eigenvalue weighted by molar-refractivity contribution is -0.142. The van der Waals surface area contributed by atoms with Crippen molar-refractivity contribution in [2.24, 2.45) is 5.92 Å². The Morgan fingerprint density at radius 1 is 1.17 bits per heavy atom. The van der Waals surface area contributed by atoms with Gasteiger partial charge in [-0.25, -0.2) is 4.79 Å². The number of urea groups is 1. The fourth-order valence-electron chi connectivity index (χ4n) is 4.45. The first-order valence-corrected chi connectivity index (χ1v) is 13.5. The molecule has 42 heavy (non-hydrogen) atoms. The van der Waals surface area contributed by atoms with Gasteiger partial charge in [-0.3, -0.25) is 9.59 Å². The Bertz CT molecular complexity index is 1240. The fraction of sp³-hybridized carbons (Fsp3) is 0.483. The van der Waals surface area contributed by atoms with E-state index in [1.807, 2.05) is 6.92 Å². The minimum absolute atomic E-state index is 0.126. The average Bonchev–Trinajstić information content (AvgIpc) is 2.99. The van der Waals surface area contributed by atoms with Crippen LogP contribution in [0.1, 0.15) is 32.3 Å². The van der Waals surface area contributed by atoms with Gasteiger partial charge < -0.3 is 35.0 Å². The van der Waals surface area contributed by atoms with Crippen molar-refractivity contribution in [3.63, 3.8) is 0 Å². The Morgan fingerprint density at radius 3 is 2.45 bits per heavy atom. The summed E-state index contributed by atoms with van der Waals surface area (Å²) in [6, 6.07) is 10.5.